The van der Waals surface area contributed by atoms with Crippen LogP contribution in [0, 0.1) is 5.41 Å². The molecule has 0 saturated carbocycles. The Labute approximate surface area is 89.3 Å². The summed E-state index contributed by atoms with van der Waals surface area (Å²) in [6.45, 7) is 2.06. The fourth-order valence-electron chi connectivity index (χ4n) is 1.65. The molecule has 90 valence electrons. The number of carbonyl (C=O) groups is 2. The van der Waals surface area contributed by atoms with Crippen molar-refractivity contribution in [1.29, 1.82) is 0 Å². The Morgan fingerprint density at radius 2 is 2.00 bits per heavy atom. The molecule has 16 heavy (non-hydrogen) atoms. The molecule has 1 aliphatic rings. The lowest BCUT2D eigenvalue weighted by Crippen LogP contribution is -2.47. The summed E-state index contributed by atoms with van der Waals surface area (Å²) in [4.78, 5) is 22.7. The van der Waals surface area contributed by atoms with Gasteiger partial charge in [0.2, 0.25) is 5.91 Å². The maximum Gasteiger partial charge on any atom is 0.406 e. The molecule has 0 aliphatic carbocycles. The fourth-order valence-corrected chi connectivity index (χ4v) is 1.65. The third-order valence-corrected chi connectivity index (χ3v) is 2.71. The van der Waals surface area contributed by atoms with Crippen molar-refractivity contribution < 1.29 is 27.9 Å². The number of carboxylic acids is 1. The molecule has 1 N–H and O–H groups in total. The molecule has 1 atom stereocenters. The molecule has 1 aliphatic heterocycles. The van der Waals surface area contributed by atoms with Gasteiger partial charge in [0, 0.05) is 13.1 Å². The van der Waals surface area contributed by atoms with Crippen LogP contribution < -0.4 is 0 Å². The predicted octanol–water partition coefficient (Wildman–Crippen LogP) is 1.04. The van der Waals surface area contributed by atoms with Crippen molar-refractivity contribution in [2.75, 3.05) is 13.1 Å². The van der Waals surface area contributed by atoms with Gasteiger partial charge in [0.05, 0.1) is 0 Å². The number of alkyl halides is 3. The molecular formula is C9H10F3NO3. The van der Waals surface area contributed by atoms with Crippen molar-refractivity contribution in [3.05, 3.63) is 12.7 Å². The zero-order valence-electron chi connectivity index (χ0n) is 8.25. The zero-order valence-corrected chi connectivity index (χ0v) is 8.25. The summed E-state index contributed by atoms with van der Waals surface area (Å²) in [5.74, 6) is -2.63. The van der Waals surface area contributed by atoms with Gasteiger partial charge in [0.25, 0.3) is 0 Å². The number of carboxylic acid groups (broad SMARTS) is 1. The maximum absolute atomic E-state index is 12.7. The van der Waals surface area contributed by atoms with Crippen LogP contribution in [0.4, 0.5) is 13.2 Å². The molecule has 0 radical (unpaired) electrons. The van der Waals surface area contributed by atoms with Crippen molar-refractivity contribution >= 4 is 11.9 Å². The molecule has 1 heterocycles. The van der Waals surface area contributed by atoms with Gasteiger partial charge in [-0.1, -0.05) is 6.58 Å². The smallest absolute Gasteiger partial charge is 0.406 e. The van der Waals surface area contributed by atoms with Crippen LogP contribution in [-0.4, -0.2) is 41.1 Å². The second kappa shape index (κ2) is 3.80. The highest BCUT2D eigenvalue weighted by molar-refractivity contribution is 5.88. The Morgan fingerprint density at radius 1 is 1.44 bits per heavy atom. The minimum Gasteiger partial charge on any atom is -0.481 e. The number of nitrogens with zero attached hydrogens (tertiary/aromatic N) is 1. The monoisotopic (exact) mass is 237 g/mol. The van der Waals surface area contributed by atoms with Crippen LogP contribution in [0.25, 0.3) is 0 Å². The van der Waals surface area contributed by atoms with E-state index in [0.29, 0.717) is 0 Å². The van der Waals surface area contributed by atoms with Crippen molar-refractivity contribution in [2.24, 2.45) is 5.41 Å². The molecule has 0 bridgehead atoms. The van der Waals surface area contributed by atoms with Crippen LogP contribution in [0.2, 0.25) is 0 Å². The topological polar surface area (TPSA) is 57.6 Å². The molecular weight excluding hydrogens is 227 g/mol. The average molecular weight is 237 g/mol. The van der Waals surface area contributed by atoms with E-state index >= 15 is 0 Å². The molecule has 0 aromatic heterocycles. The number of hydrogen-bond acceptors (Lipinski definition) is 2. The van der Waals surface area contributed by atoms with Crippen LogP contribution in [0.3, 0.4) is 0 Å². The lowest BCUT2D eigenvalue weighted by molar-refractivity contribution is -0.227. The Balaban J connectivity index is 2.98. The van der Waals surface area contributed by atoms with Crippen molar-refractivity contribution in [3.8, 4) is 0 Å². The Hall–Kier alpha value is -1.53. The van der Waals surface area contributed by atoms with E-state index in [1.165, 1.54) is 0 Å². The summed E-state index contributed by atoms with van der Waals surface area (Å²) < 4.78 is 38.0. The van der Waals surface area contributed by atoms with Crippen molar-refractivity contribution in [2.45, 2.75) is 12.6 Å². The Bertz CT molecular complexity index is 339. The fraction of sp³-hybridized carbons (Fsp3) is 0.556. The number of amides is 1. The van der Waals surface area contributed by atoms with E-state index in [1.54, 1.807) is 0 Å². The van der Waals surface area contributed by atoms with E-state index in [0.717, 1.165) is 11.0 Å². The summed E-state index contributed by atoms with van der Waals surface area (Å²) in [7, 11) is 0. The summed E-state index contributed by atoms with van der Waals surface area (Å²) in [6.07, 6.45) is -4.62. The first-order valence-electron chi connectivity index (χ1n) is 4.46. The van der Waals surface area contributed by atoms with Gasteiger partial charge < -0.3 is 10.0 Å². The predicted molar refractivity (Wildman–Crippen MR) is 47.5 cm³/mol. The van der Waals surface area contributed by atoms with Crippen LogP contribution in [0.15, 0.2) is 12.7 Å². The standard InChI is InChI=1S/C9H10F3NO3/c1-2-6(14)13-4-3-8(5-13,7(15)16)9(10,11)12/h2H,1,3-5H2,(H,15,16). The highest BCUT2D eigenvalue weighted by atomic mass is 19.4. The van der Waals surface area contributed by atoms with Gasteiger partial charge >= 0.3 is 12.1 Å². The first kappa shape index (κ1) is 12.5. The van der Waals surface area contributed by atoms with Gasteiger partial charge in [0.15, 0.2) is 5.41 Å². The van der Waals surface area contributed by atoms with Crippen LogP contribution in [-0.2, 0) is 9.59 Å². The molecule has 1 fully saturated rings. The van der Waals surface area contributed by atoms with E-state index < -0.39 is 36.4 Å². The largest absolute Gasteiger partial charge is 0.481 e. The van der Waals surface area contributed by atoms with E-state index in [4.69, 9.17) is 5.11 Å². The summed E-state index contributed by atoms with van der Waals surface area (Å²) in [6, 6.07) is 0. The number of carbonyl (C=O) groups excluding carboxylic acids is 1. The number of aliphatic carboxylic acids is 1. The first-order chi connectivity index (χ1) is 7.24. The first-order valence-corrected chi connectivity index (χ1v) is 4.46. The maximum atomic E-state index is 12.7. The molecule has 1 amide bonds. The lowest BCUT2D eigenvalue weighted by atomic mass is 9.86. The third-order valence-electron chi connectivity index (χ3n) is 2.71. The van der Waals surface area contributed by atoms with E-state index in [9.17, 15) is 22.8 Å². The molecule has 0 spiro atoms. The quantitative estimate of drug-likeness (QED) is 0.730. The minimum absolute atomic E-state index is 0.226. The summed E-state index contributed by atoms with van der Waals surface area (Å²) in [5, 5.41) is 8.69. The molecule has 0 aromatic rings. The number of rotatable bonds is 2. The van der Waals surface area contributed by atoms with Crippen LogP contribution >= 0.6 is 0 Å². The number of likely N-dealkylation sites (tertiary alicyclic amines) is 1. The number of hydrogen-bond donors (Lipinski definition) is 1. The van der Waals surface area contributed by atoms with Crippen LogP contribution in [0.5, 0.6) is 0 Å². The Morgan fingerprint density at radius 3 is 2.31 bits per heavy atom. The van der Waals surface area contributed by atoms with Gasteiger partial charge in [0.1, 0.15) is 0 Å². The summed E-state index contributed by atoms with van der Waals surface area (Å²) in [5.41, 5.74) is -2.84. The molecule has 1 unspecified atom stereocenters. The SMILES string of the molecule is C=CC(=O)N1CCC(C(=O)O)(C(F)(F)F)C1. The van der Waals surface area contributed by atoms with Gasteiger partial charge in [-0.25, -0.2) is 0 Å². The van der Waals surface area contributed by atoms with Crippen LogP contribution in [0.1, 0.15) is 6.42 Å². The van der Waals surface area contributed by atoms with Gasteiger partial charge in [-0.2, -0.15) is 13.2 Å². The average Bonchev–Trinajstić information content (AvgIpc) is 2.61. The Kier molecular flexibility index (Phi) is 2.98. The number of halogens is 3. The zero-order chi connectivity index (χ0) is 12.6. The molecule has 4 nitrogen and oxygen atoms in total. The van der Waals surface area contributed by atoms with Crippen molar-refractivity contribution in [1.82, 2.24) is 4.90 Å². The molecule has 0 aromatic carbocycles. The lowest BCUT2D eigenvalue weighted by Gasteiger charge is -2.26. The molecule has 1 rings (SSSR count). The van der Waals surface area contributed by atoms with Gasteiger partial charge in [-0.05, 0) is 12.5 Å². The van der Waals surface area contributed by atoms with Gasteiger partial charge in [-0.3, -0.25) is 9.59 Å². The molecule has 1 saturated heterocycles. The van der Waals surface area contributed by atoms with Crippen molar-refractivity contribution in [3.63, 3.8) is 0 Å². The third kappa shape index (κ3) is 1.77. The van der Waals surface area contributed by atoms with E-state index in [1.807, 2.05) is 0 Å². The minimum atomic E-state index is -4.87. The van der Waals surface area contributed by atoms with E-state index in [2.05, 4.69) is 6.58 Å². The summed E-state index contributed by atoms with van der Waals surface area (Å²) >= 11 is 0. The highest BCUT2D eigenvalue weighted by Gasteiger charge is 2.64. The van der Waals surface area contributed by atoms with Gasteiger partial charge in [-0.15, -0.1) is 0 Å². The molecule has 7 heteroatoms. The second-order valence-corrected chi connectivity index (χ2v) is 3.60. The normalized spacial score (nSPS) is 25.6. The highest BCUT2D eigenvalue weighted by Crippen LogP contribution is 2.45. The van der Waals surface area contributed by atoms with E-state index in [-0.39, 0.29) is 6.54 Å². The second-order valence-electron chi connectivity index (χ2n) is 3.60.